The first-order valence-corrected chi connectivity index (χ1v) is 11.0. The van der Waals surface area contributed by atoms with E-state index in [0.717, 1.165) is 42.3 Å². The molecule has 2 heterocycles. The topological polar surface area (TPSA) is 65.8 Å². The van der Waals surface area contributed by atoms with Gasteiger partial charge in [0.05, 0.1) is 21.1 Å². The molecule has 0 unspecified atom stereocenters. The van der Waals surface area contributed by atoms with Crippen molar-refractivity contribution in [3.63, 3.8) is 0 Å². The SMILES string of the molecule is CCn1cc(-c2nc3cc(Cl)c(Cl)cc3n(CCCCCN)c2=O)c2ccccc21. The van der Waals surface area contributed by atoms with Crippen LogP contribution in [0.5, 0.6) is 0 Å². The van der Waals surface area contributed by atoms with Gasteiger partial charge in [0, 0.05) is 35.8 Å². The maximum Gasteiger partial charge on any atom is 0.277 e. The zero-order valence-corrected chi connectivity index (χ0v) is 18.4. The molecule has 30 heavy (non-hydrogen) atoms. The van der Waals surface area contributed by atoms with E-state index >= 15 is 0 Å². The summed E-state index contributed by atoms with van der Waals surface area (Å²) in [5, 5.41) is 1.85. The first-order chi connectivity index (χ1) is 14.5. The molecular formula is C23H24Cl2N4O. The molecule has 2 aromatic carbocycles. The van der Waals surface area contributed by atoms with Crippen molar-refractivity contribution < 1.29 is 0 Å². The maximum atomic E-state index is 13.6. The molecule has 156 valence electrons. The average molecular weight is 443 g/mol. The summed E-state index contributed by atoms with van der Waals surface area (Å²) >= 11 is 12.5. The van der Waals surface area contributed by atoms with Crippen molar-refractivity contribution >= 4 is 45.1 Å². The highest BCUT2D eigenvalue weighted by Gasteiger charge is 2.18. The van der Waals surface area contributed by atoms with Gasteiger partial charge in [0.15, 0.2) is 0 Å². The van der Waals surface area contributed by atoms with E-state index in [1.807, 2.05) is 24.4 Å². The first-order valence-electron chi connectivity index (χ1n) is 10.2. The number of nitrogens with zero attached hydrogens (tertiary/aromatic N) is 3. The van der Waals surface area contributed by atoms with Crippen molar-refractivity contribution in [2.24, 2.45) is 5.73 Å². The Bertz CT molecular complexity index is 1280. The highest BCUT2D eigenvalue weighted by atomic mass is 35.5. The molecule has 2 aromatic heterocycles. The summed E-state index contributed by atoms with van der Waals surface area (Å²) in [5.74, 6) is 0. The summed E-state index contributed by atoms with van der Waals surface area (Å²) in [6, 6.07) is 11.5. The van der Waals surface area contributed by atoms with Gasteiger partial charge in [-0.05, 0) is 44.5 Å². The van der Waals surface area contributed by atoms with Crippen LogP contribution < -0.4 is 11.3 Å². The predicted molar refractivity (Wildman–Crippen MR) is 126 cm³/mol. The van der Waals surface area contributed by atoms with E-state index in [0.29, 0.717) is 39.9 Å². The van der Waals surface area contributed by atoms with E-state index in [-0.39, 0.29) is 5.56 Å². The van der Waals surface area contributed by atoms with Crippen LogP contribution in [0.2, 0.25) is 10.0 Å². The molecule has 0 amide bonds. The minimum atomic E-state index is -0.118. The van der Waals surface area contributed by atoms with E-state index in [1.165, 1.54) is 0 Å². The van der Waals surface area contributed by atoms with E-state index < -0.39 is 0 Å². The third-order valence-electron chi connectivity index (χ3n) is 5.46. The molecular weight excluding hydrogens is 419 g/mol. The lowest BCUT2D eigenvalue weighted by molar-refractivity contribution is 0.591. The molecule has 0 spiro atoms. The lowest BCUT2D eigenvalue weighted by atomic mass is 10.1. The van der Waals surface area contributed by atoms with Gasteiger partial charge in [-0.3, -0.25) is 4.79 Å². The molecule has 0 fully saturated rings. The minimum Gasteiger partial charge on any atom is -0.347 e. The van der Waals surface area contributed by atoms with Crippen LogP contribution in [-0.2, 0) is 13.1 Å². The number of unbranched alkanes of at least 4 members (excludes halogenated alkanes) is 2. The number of aryl methyl sites for hydroxylation is 2. The lowest BCUT2D eigenvalue weighted by Gasteiger charge is -2.13. The monoisotopic (exact) mass is 442 g/mol. The van der Waals surface area contributed by atoms with Crippen LogP contribution in [0.4, 0.5) is 0 Å². The largest absolute Gasteiger partial charge is 0.347 e. The summed E-state index contributed by atoms with van der Waals surface area (Å²) in [6.45, 7) is 4.12. The second-order valence-corrected chi connectivity index (χ2v) is 8.18. The predicted octanol–water partition coefficient (Wildman–Crippen LogP) is 5.47. The van der Waals surface area contributed by atoms with E-state index in [1.54, 1.807) is 16.7 Å². The Kier molecular flexibility index (Phi) is 6.14. The molecule has 0 aliphatic heterocycles. The Balaban J connectivity index is 1.96. The third kappa shape index (κ3) is 3.73. The number of para-hydroxylation sites is 1. The van der Waals surface area contributed by atoms with Crippen molar-refractivity contribution in [3.8, 4) is 11.3 Å². The van der Waals surface area contributed by atoms with Gasteiger partial charge >= 0.3 is 0 Å². The fourth-order valence-electron chi connectivity index (χ4n) is 3.92. The Labute approximate surface area is 185 Å². The molecule has 0 saturated carbocycles. The molecule has 0 saturated heterocycles. The normalized spacial score (nSPS) is 11.6. The van der Waals surface area contributed by atoms with Crippen LogP contribution in [-0.4, -0.2) is 20.7 Å². The minimum absolute atomic E-state index is 0.118. The fourth-order valence-corrected chi connectivity index (χ4v) is 4.24. The van der Waals surface area contributed by atoms with Crippen LogP contribution in [0.1, 0.15) is 26.2 Å². The van der Waals surface area contributed by atoms with Crippen molar-refractivity contribution in [1.29, 1.82) is 0 Å². The molecule has 0 atom stereocenters. The number of hydrogen-bond donors (Lipinski definition) is 1. The van der Waals surface area contributed by atoms with Crippen molar-refractivity contribution in [2.45, 2.75) is 39.3 Å². The number of fused-ring (bicyclic) bond motifs is 2. The second-order valence-electron chi connectivity index (χ2n) is 7.37. The summed E-state index contributed by atoms with van der Waals surface area (Å²) in [5.41, 5.74) is 9.21. The summed E-state index contributed by atoms with van der Waals surface area (Å²) in [7, 11) is 0. The number of hydrogen-bond acceptors (Lipinski definition) is 3. The van der Waals surface area contributed by atoms with Crippen LogP contribution in [0, 0.1) is 0 Å². The summed E-state index contributed by atoms with van der Waals surface area (Å²) in [4.78, 5) is 18.3. The van der Waals surface area contributed by atoms with Gasteiger partial charge in [0.2, 0.25) is 0 Å². The Morgan fingerprint density at radius 1 is 1.03 bits per heavy atom. The van der Waals surface area contributed by atoms with Crippen molar-refractivity contribution in [2.75, 3.05) is 6.54 Å². The van der Waals surface area contributed by atoms with Gasteiger partial charge in [-0.25, -0.2) is 4.98 Å². The molecule has 5 nitrogen and oxygen atoms in total. The zero-order valence-electron chi connectivity index (χ0n) is 16.9. The van der Waals surface area contributed by atoms with Gasteiger partial charge in [0.25, 0.3) is 5.56 Å². The number of nitrogens with two attached hydrogens (primary N) is 1. The van der Waals surface area contributed by atoms with Gasteiger partial charge in [-0.15, -0.1) is 0 Å². The maximum absolute atomic E-state index is 13.6. The molecule has 0 aliphatic carbocycles. The highest BCUT2D eigenvalue weighted by molar-refractivity contribution is 6.42. The highest BCUT2D eigenvalue weighted by Crippen LogP contribution is 2.31. The Morgan fingerprint density at radius 3 is 2.57 bits per heavy atom. The second kappa shape index (κ2) is 8.80. The molecule has 0 aliphatic rings. The molecule has 7 heteroatoms. The third-order valence-corrected chi connectivity index (χ3v) is 6.18. The van der Waals surface area contributed by atoms with Crippen molar-refractivity contribution in [3.05, 3.63) is 63.0 Å². The van der Waals surface area contributed by atoms with E-state index in [9.17, 15) is 4.79 Å². The van der Waals surface area contributed by atoms with E-state index in [2.05, 4.69) is 17.6 Å². The summed E-state index contributed by atoms with van der Waals surface area (Å²) in [6.07, 6.45) is 4.75. The van der Waals surface area contributed by atoms with E-state index in [4.69, 9.17) is 33.9 Å². The fraction of sp³-hybridized carbons (Fsp3) is 0.304. The van der Waals surface area contributed by atoms with Crippen LogP contribution >= 0.6 is 23.2 Å². The number of benzene rings is 2. The smallest absolute Gasteiger partial charge is 0.277 e. The molecule has 0 bridgehead atoms. The first kappa shape index (κ1) is 20.9. The van der Waals surface area contributed by atoms with Gasteiger partial charge in [-0.2, -0.15) is 0 Å². The Morgan fingerprint density at radius 2 is 1.80 bits per heavy atom. The van der Waals surface area contributed by atoms with Crippen LogP contribution in [0.15, 0.2) is 47.4 Å². The van der Waals surface area contributed by atoms with Crippen LogP contribution in [0.3, 0.4) is 0 Å². The number of rotatable bonds is 7. The van der Waals surface area contributed by atoms with Gasteiger partial charge in [-0.1, -0.05) is 47.8 Å². The summed E-state index contributed by atoms with van der Waals surface area (Å²) < 4.78 is 3.91. The number of aromatic nitrogens is 3. The average Bonchev–Trinajstić information content (AvgIpc) is 3.12. The van der Waals surface area contributed by atoms with Crippen molar-refractivity contribution in [1.82, 2.24) is 14.1 Å². The molecule has 4 aromatic rings. The zero-order chi connectivity index (χ0) is 21.3. The lowest BCUT2D eigenvalue weighted by Crippen LogP contribution is -2.24. The van der Waals surface area contributed by atoms with Gasteiger partial charge in [0.1, 0.15) is 5.69 Å². The quantitative estimate of drug-likeness (QED) is 0.385. The Hall–Kier alpha value is -2.34. The molecule has 2 N–H and O–H groups in total. The molecule has 0 radical (unpaired) electrons. The number of halogens is 2. The van der Waals surface area contributed by atoms with Gasteiger partial charge < -0.3 is 14.9 Å². The molecule has 4 rings (SSSR count). The van der Waals surface area contributed by atoms with Crippen LogP contribution in [0.25, 0.3) is 33.2 Å². The standard InChI is InChI=1S/C23H24Cl2N4O/c1-2-28-14-16(15-8-4-5-9-20(15)28)22-23(30)29(11-7-3-6-10-26)21-13-18(25)17(24)12-19(21)27-22/h4-5,8-9,12-14H,2-3,6-7,10-11,26H2,1H3.